The number of nitrogens with zero attached hydrogens (tertiary/aromatic N) is 5. The van der Waals surface area contributed by atoms with Crippen LogP contribution in [0, 0.1) is 13.8 Å². The standard InChI is InChI=1S/C24H26N6O/c1-4-22-21(15-27-29(22)16-19-8-6-5-7-9-19)24(31)26-14-20-10-11-23(25-13-20)30-18(3)12-17(2)28-30/h5-13,15H,4,14,16H2,1-3H3,(H,26,31). The second-order valence-electron chi connectivity index (χ2n) is 7.55. The Morgan fingerprint density at radius 2 is 1.84 bits per heavy atom. The minimum atomic E-state index is -0.126. The molecule has 31 heavy (non-hydrogen) atoms. The van der Waals surface area contributed by atoms with Gasteiger partial charge >= 0.3 is 0 Å². The lowest BCUT2D eigenvalue weighted by Gasteiger charge is -2.09. The van der Waals surface area contributed by atoms with Crippen molar-refractivity contribution < 1.29 is 4.79 Å². The number of pyridine rings is 1. The van der Waals surface area contributed by atoms with E-state index in [1.807, 2.05) is 66.5 Å². The Hall–Kier alpha value is -3.74. The Kier molecular flexibility index (Phi) is 5.93. The number of nitrogens with one attached hydrogen (secondary N) is 1. The van der Waals surface area contributed by atoms with Crippen molar-refractivity contribution in [3.05, 3.63) is 94.7 Å². The molecule has 1 aromatic carbocycles. The summed E-state index contributed by atoms with van der Waals surface area (Å²) >= 11 is 0. The molecule has 0 aliphatic heterocycles. The number of benzene rings is 1. The summed E-state index contributed by atoms with van der Waals surface area (Å²) in [6, 6.07) is 16.0. The summed E-state index contributed by atoms with van der Waals surface area (Å²) in [5, 5.41) is 11.9. The monoisotopic (exact) mass is 414 g/mol. The second-order valence-corrected chi connectivity index (χ2v) is 7.55. The van der Waals surface area contributed by atoms with E-state index in [0.717, 1.165) is 40.4 Å². The number of rotatable bonds is 7. The number of hydrogen-bond acceptors (Lipinski definition) is 4. The normalized spacial score (nSPS) is 10.9. The van der Waals surface area contributed by atoms with E-state index >= 15 is 0 Å². The third-order valence-electron chi connectivity index (χ3n) is 5.19. The van der Waals surface area contributed by atoms with E-state index < -0.39 is 0 Å². The van der Waals surface area contributed by atoms with Crippen molar-refractivity contribution in [2.75, 3.05) is 0 Å². The van der Waals surface area contributed by atoms with E-state index in [2.05, 4.69) is 32.6 Å². The SMILES string of the molecule is CCc1c(C(=O)NCc2ccc(-n3nc(C)cc3C)nc2)cnn1Cc1ccccc1. The van der Waals surface area contributed by atoms with Crippen molar-refractivity contribution in [1.82, 2.24) is 29.9 Å². The van der Waals surface area contributed by atoms with Gasteiger partial charge in [0.25, 0.3) is 5.91 Å². The summed E-state index contributed by atoms with van der Waals surface area (Å²) < 4.78 is 3.71. The van der Waals surface area contributed by atoms with Crippen LogP contribution < -0.4 is 5.32 Å². The van der Waals surface area contributed by atoms with Crippen molar-refractivity contribution in [3.63, 3.8) is 0 Å². The van der Waals surface area contributed by atoms with E-state index in [-0.39, 0.29) is 5.91 Å². The number of carbonyl (C=O) groups is 1. The van der Waals surface area contributed by atoms with Crippen LogP contribution in [0.1, 0.15) is 45.5 Å². The molecule has 0 aliphatic carbocycles. The average molecular weight is 415 g/mol. The summed E-state index contributed by atoms with van der Waals surface area (Å²) in [4.78, 5) is 17.3. The molecule has 0 aliphatic rings. The number of hydrogen-bond donors (Lipinski definition) is 1. The third-order valence-corrected chi connectivity index (χ3v) is 5.19. The fourth-order valence-corrected chi connectivity index (χ4v) is 3.65. The van der Waals surface area contributed by atoms with Crippen molar-refractivity contribution in [1.29, 1.82) is 0 Å². The zero-order valence-electron chi connectivity index (χ0n) is 18.0. The summed E-state index contributed by atoms with van der Waals surface area (Å²) in [7, 11) is 0. The van der Waals surface area contributed by atoms with Gasteiger partial charge in [-0.3, -0.25) is 9.48 Å². The first-order chi connectivity index (χ1) is 15.0. The van der Waals surface area contributed by atoms with Crippen molar-refractivity contribution in [3.8, 4) is 5.82 Å². The van der Waals surface area contributed by atoms with Crippen LogP contribution >= 0.6 is 0 Å². The fraction of sp³-hybridized carbons (Fsp3) is 0.250. The van der Waals surface area contributed by atoms with Gasteiger partial charge in [-0.05, 0) is 43.5 Å². The maximum atomic E-state index is 12.8. The molecular formula is C24H26N6O. The maximum absolute atomic E-state index is 12.8. The number of aromatic nitrogens is 5. The molecule has 0 radical (unpaired) electrons. The number of amides is 1. The van der Waals surface area contributed by atoms with Crippen molar-refractivity contribution >= 4 is 5.91 Å². The minimum absolute atomic E-state index is 0.126. The largest absolute Gasteiger partial charge is 0.348 e. The van der Waals surface area contributed by atoms with Crippen LogP contribution in [-0.2, 0) is 19.5 Å². The van der Waals surface area contributed by atoms with Crippen LogP contribution in [0.3, 0.4) is 0 Å². The van der Waals surface area contributed by atoms with Crippen LogP contribution in [0.5, 0.6) is 0 Å². The molecular weight excluding hydrogens is 388 g/mol. The summed E-state index contributed by atoms with van der Waals surface area (Å²) in [6.45, 7) is 7.04. The molecule has 1 N–H and O–H groups in total. The van der Waals surface area contributed by atoms with Crippen LogP contribution in [0.4, 0.5) is 0 Å². The van der Waals surface area contributed by atoms with Gasteiger partial charge in [0.2, 0.25) is 0 Å². The fourth-order valence-electron chi connectivity index (χ4n) is 3.65. The lowest BCUT2D eigenvalue weighted by molar-refractivity contribution is 0.0950. The van der Waals surface area contributed by atoms with Crippen LogP contribution in [0.2, 0.25) is 0 Å². The molecule has 0 saturated heterocycles. The number of carbonyl (C=O) groups excluding carboxylic acids is 1. The lowest BCUT2D eigenvalue weighted by atomic mass is 10.1. The Labute approximate surface area is 181 Å². The zero-order chi connectivity index (χ0) is 21.8. The summed E-state index contributed by atoms with van der Waals surface area (Å²) in [5.74, 6) is 0.634. The van der Waals surface area contributed by atoms with Gasteiger partial charge in [-0.1, -0.05) is 43.3 Å². The molecule has 0 bridgehead atoms. The molecule has 158 valence electrons. The molecule has 0 saturated carbocycles. The predicted octanol–water partition coefficient (Wildman–Crippen LogP) is 3.62. The Morgan fingerprint density at radius 3 is 2.48 bits per heavy atom. The Balaban J connectivity index is 1.42. The van der Waals surface area contributed by atoms with E-state index in [4.69, 9.17) is 0 Å². The van der Waals surface area contributed by atoms with Crippen LogP contribution in [0.15, 0.2) is 60.9 Å². The molecule has 7 nitrogen and oxygen atoms in total. The first-order valence-electron chi connectivity index (χ1n) is 10.4. The molecule has 0 spiro atoms. The van der Waals surface area contributed by atoms with Crippen LogP contribution in [-0.4, -0.2) is 30.5 Å². The molecule has 3 heterocycles. The van der Waals surface area contributed by atoms with E-state index in [0.29, 0.717) is 18.7 Å². The quantitative estimate of drug-likeness (QED) is 0.501. The van der Waals surface area contributed by atoms with Crippen molar-refractivity contribution in [2.45, 2.75) is 40.3 Å². The Bertz CT molecular complexity index is 1170. The van der Waals surface area contributed by atoms with Crippen LogP contribution in [0.25, 0.3) is 5.82 Å². The Morgan fingerprint density at radius 1 is 1.03 bits per heavy atom. The zero-order valence-corrected chi connectivity index (χ0v) is 18.0. The number of aryl methyl sites for hydroxylation is 2. The smallest absolute Gasteiger partial charge is 0.255 e. The van der Waals surface area contributed by atoms with Crippen molar-refractivity contribution in [2.24, 2.45) is 0 Å². The molecule has 0 atom stereocenters. The highest BCUT2D eigenvalue weighted by molar-refractivity contribution is 5.95. The summed E-state index contributed by atoms with van der Waals surface area (Å²) in [6.07, 6.45) is 4.15. The molecule has 4 aromatic rings. The van der Waals surface area contributed by atoms with Gasteiger partial charge in [-0.15, -0.1) is 0 Å². The van der Waals surface area contributed by atoms with Gasteiger partial charge in [-0.2, -0.15) is 10.2 Å². The topological polar surface area (TPSA) is 77.6 Å². The maximum Gasteiger partial charge on any atom is 0.255 e. The van der Waals surface area contributed by atoms with Gasteiger partial charge in [0.05, 0.1) is 29.7 Å². The highest BCUT2D eigenvalue weighted by Gasteiger charge is 2.16. The van der Waals surface area contributed by atoms with E-state index in [1.165, 1.54) is 0 Å². The van der Waals surface area contributed by atoms with Gasteiger partial charge in [0, 0.05) is 18.4 Å². The van der Waals surface area contributed by atoms with Gasteiger partial charge in [0.15, 0.2) is 5.82 Å². The molecule has 3 aromatic heterocycles. The predicted molar refractivity (Wildman–Crippen MR) is 119 cm³/mol. The molecule has 0 unspecified atom stereocenters. The lowest BCUT2D eigenvalue weighted by Crippen LogP contribution is -2.24. The highest BCUT2D eigenvalue weighted by Crippen LogP contribution is 2.14. The van der Waals surface area contributed by atoms with Gasteiger partial charge in [0.1, 0.15) is 0 Å². The van der Waals surface area contributed by atoms with Gasteiger partial charge < -0.3 is 5.32 Å². The first kappa shape index (κ1) is 20.5. The minimum Gasteiger partial charge on any atom is -0.348 e. The van der Waals surface area contributed by atoms with E-state index in [1.54, 1.807) is 12.4 Å². The van der Waals surface area contributed by atoms with E-state index in [9.17, 15) is 4.79 Å². The average Bonchev–Trinajstić information content (AvgIpc) is 3.35. The molecule has 0 fully saturated rings. The molecule has 1 amide bonds. The highest BCUT2D eigenvalue weighted by atomic mass is 16.1. The molecule has 7 heteroatoms. The molecule has 4 rings (SSSR count). The first-order valence-corrected chi connectivity index (χ1v) is 10.4. The second kappa shape index (κ2) is 8.95. The third kappa shape index (κ3) is 4.55. The summed E-state index contributed by atoms with van der Waals surface area (Å²) in [5.41, 5.74) is 5.61. The van der Waals surface area contributed by atoms with Gasteiger partial charge in [-0.25, -0.2) is 9.67 Å².